The van der Waals surface area contributed by atoms with E-state index in [0.717, 1.165) is 17.7 Å². The van der Waals surface area contributed by atoms with Gasteiger partial charge in [-0.2, -0.15) is 0 Å². The minimum absolute atomic E-state index is 0.0136. The van der Waals surface area contributed by atoms with E-state index in [1.807, 2.05) is 24.1 Å². The Kier molecular flexibility index (Phi) is 4.12. The Labute approximate surface area is 168 Å². The van der Waals surface area contributed by atoms with Gasteiger partial charge in [0.05, 0.1) is 12.6 Å². The Balaban J connectivity index is 1.28. The van der Waals surface area contributed by atoms with E-state index in [0.29, 0.717) is 23.7 Å². The number of aromatic nitrogens is 1. The van der Waals surface area contributed by atoms with Crippen molar-refractivity contribution in [1.82, 2.24) is 14.8 Å². The average molecular weight is 392 g/mol. The van der Waals surface area contributed by atoms with E-state index in [-0.39, 0.29) is 36.9 Å². The monoisotopic (exact) mass is 392 g/mol. The summed E-state index contributed by atoms with van der Waals surface area (Å²) in [4.78, 5) is 32.9. The lowest BCUT2D eigenvalue weighted by Gasteiger charge is -2.32. The van der Waals surface area contributed by atoms with Gasteiger partial charge in [0.2, 0.25) is 5.91 Å². The van der Waals surface area contributed by atoms with Crippen LogP contribution in [-0.4, -0.2) is 45.9 Å². The molecule has 2 aliphatic heterocycles. The number of nitrogens with one attached hydrogen (secondary N) is 1. The Hall–Kier alpha value is -3.22. The second kappa shape index (κ2) is 6.69. The molecule has 3 heterocycles. The van der Waals surface area contributed by atoms with Crippen molar-refractivity contribution >= 4 is 23.2 Å². The molecule has 5 rings (SSSR count). The van der Waals surface area contributed by atoms with E-state index in [9.17, 15) is 14.0 Å². The molecule has 3 aliphatic rings. The largest absolute Gasteiger partial charge is 0.334 e. The van der Waals surface area contributed by atoms with Gasteiger partial charge in [-0.05, 0) is 54.3 Å². The standard InChI is InChI=1S/C22H21FN4O2/c1-13-2-3-14(9-24-13)19-8-18-7-15(19)11-27(18)21(28)12-26-10-16-6-17(23)4-5-20(16)25-22(26)29/h2-6,8-9,15,18H,7,10-12H2,1H3,(H,25,29)/t15-,18-/m1/s1. The summed E-state index contributed by atoms with van der Waals surface area (Å²) in [5.41, 5.74) is 4.63. The summed E-state index contributed by atoms with van der Waals surface area (Å²) in [7, 11) is 0. The van der Waals surface area contributed by atoms with Gasteiger partial charge in [-0.1, -0.05) is 12.1 Å². The molecule has 2 atom stereocenters. The maximum Gasteiger partial charge on any atom is 0.322 e. The van der Waals surface area contributed by atoms with Crippen LogP contribution in [0.4, 0.5) is 14.9 Å². The van der Waals surface area contributed by atoms with Crippen molar-refractivity contribution in [2.45, 2.75) is 25.9 Å². The number of urea groups is 1. The second-order valence-corrected chi connectivity index (χ2v) is 7.94. The zero-order valence-corrected chi connectivity index (χ0v) is 16.1. The van der Waals surface area contributed by atoms with Crippen LogP contribution in [0.5, 0.6) is 0 Å². The first-order valence-corrected chi connectivity index (χ1v) is 9.76. The van der Waals surface area contributed by atoms with Crippen LogP contribution in [0.2, 0.25) is 0 Å². The molecule has 148 valence electrons. The second-order valence-electron chi connectivity index (χ2n) is 7.94. The fourth-order valence-corrected chi connectivity index (χ4v) is 4.52. The van der Waals surface area contributed by atoms with E-state index < -0.39 is 0 Å². The number of fused-ring (bicyclic) bond motifs is 3. The van der Waals surface area contributed by atoms with Gasteiger partial charge in [-0.15, -0.1) is 0 Å². The molecular formula is C22H21FN4O2. The van der Waals surface area contributed by atoms with Crippen LogP contribution in [0, 0.1) is 18.7 Å². The summed E-state index contributed by atoms with van der Waals surface area (Å²) in [6, 6.07) is 8.07. The Bertz CT molecular complexity index is 1030. The third kappa shape index (κ3) is 3.16. The first-order chi connectivity index (χ1) is 14.0. The topological polar surface area (TPSA) is 65.5 Å². The molecule has 1 aliphatic carbocycles. The highest BCUT2D eigenvalue weighted by molar-refractivity contribution is 5.95. The zero-order chi connectivity index (χ0) is 20.1. The van der Waals surface area contributed by atoms with Crippen molar-refractivity contribution in [3.8, 4) is 0 Å². The molecular weight excluding hydrogens is 371 g/mol. The third-order valence-corrected chi connectivity index (χ3v) is 6.00. The van der Waals surface area contributed by atoms with E-state index >= 15 is 0 Å². The third-order valence-electron chi connectivity index (χ3n) is 6.00. The Morgan fingerprint density at radius 1 is 1.31 bits per heavy atom. The quantitative estimate of drug-likeness (QED) is 0.873. The van der Waals surface area contributed by atoms with Crippen LogP contribution < -0.4 is 5.32 Å². The molecule has 0 saturated carbocycles. The van der Waals surface area contributed by atoms with Crippen LogP contribution in [0.1, 0.15) is 23.2 Å². The molecule has 6 nitrogen and oxygen atoms in total. The van der Waals surface area contributed by atoms with Crippen LogP contribution in [0.15, 0.2) is 42.6 Å². The predicted octanol–water partition coefficient (Wildman–Crippen LogP) is 3.19. The number of rotatable bonds is 3. The molecule has 7 heteroatoms. The molecule has 2 aromatic rings. The molecule has 1 aromatic carbocycles. The van der Waals surface area contributed by atoms with Crippen molar-refractivity contribution in [1.29, 1.82) is 0 Å². The van der Waals surface area contributed by atoms with E-state index in [1.165, 1.54) is 22.6 Å². The number of hydrogen-bond acceptors (Lipinski definition) is 3. The molecule has 1 N–H and O–H groups in total. The lowest BCUT2D eigenvalue weighted by Crippen LogP contribution is -2.47. The van der Waals surface area contributed by atoms with E-state index in [2.05, 4.69) is 22.4 Å². The molecule has 0 radical (unpaired) electrons. The normalized spacial score (nSPS) is 22.4. The van der Waals surface area contributed by atoms with Crippen molar-refractivity contribution in [2.24, 2.45) is 5.92 Å². The first kappa shape index (κ1) is 17.8. The molecule has 0 spiro atoms. The number of carbonyl (C=O) groups is 2. The number of likely N-dealkylation sites (tertiary alicyclic amines) is 1. The van der Waals surface area contributed by atoms with Gasteiger partial charge >= 0.3 is 6.03 Å². The van der Waals surface area contributed by atoms with Crippen molar-refractivity contribution in [3.05, 3.63) is 65.2 Å². The maximum absolute atomic E-state index is 13.5. The number of aryl methyl sites for hydroxylation is 1. The smallest absolute Gasteiger partial charge is 0.322 e. The molecule has 29 heavy (non-hydrogen) atoms. The number of hydrogen-bond donors (Lipinski definition) is 1. The number of nitrogens with zero attached hydrogens (tertiary/aromatic N) is 3. The maximum atomic E-state index is 13.5. The molecule has 1 aromatic heterocycles. The minimum Gasteiger partial charge on any atom is -0.334 e. The minimum atomic E-state index is -0.355. The fourth-order valence-electron chi connectivity index (χ4n) is 4.52. The Morgan fingerprint density at radius 2 is 2.17 bits per heavy atom. The molecule has 0 unspecified atom stereocenters. The lowest BCUT2D eigenvalue weighted by molar-refractivity contribution is -0.132. The highest BCUT2D eigenvalue weighted by atomic mass is 19.1. The molecule has 2 bridgehead atoms. The number of halogens is 1. The number of carbonyl (C=O) groups excluding carboxylic acids is 2. The van der Waals surface area contributed by atoms with Crippen LogP contribution in [-0.2, 0) is 11.3 Å². The van der Waals surface area contributed by atoms with Crippen molar-refractivity contribution in [3.63, 3.8) is 0 Å². The SMILES string of the molecule is Cc1ccc(C2=C[C@H]3C[C@@H]2CN3C(=O)CN2Cc3cc(F)ccc3NC2=O)cn1. The fraction of sp³-hybridized carbons (Fsp3) is 0.318. The predicted molar refractivity (Wildman–Crippen MR) is 106 cm³/mol. The van der Waals surface area contributed by atoms with Gasteiger partial charge in [-0.3, -0.25) is 9.78 Å². The highest BCUT2D eigenvalue weighted by Crippen LogP contribution is 2.42. The van der Waals surface area contributed by atoms with Crippen LogP contribution in [0.25, 0.3) is 5.57 Å². The molecule has 1 saturated heterocycles. The van der Waals surface area contributed by atoms with Gasteiger partial charge in [0.25, 0.3) is 0 Å². The summed E-state index contributed by atoms with van der Waals surface area (Å²) in [5.74, 6) is -0.130. The molecule has 3 amide bonds. The number of anilines is 1. The van der Waals surface area contributed by atoms with Crippen LogP contribution >= 0.6 is 0 Å². The summed E-state index contributed by atoms with van der Waals surface area (Å²) < 4.78 is 13.5. The summed E-state index contributed by atoms with van der Waals surface area (Å²) >= 11 is 0. The van der Waals surface area contributed by atoms with Crippen molar-refractivity contribution in [2.75, 3.05) is 18.4 Å². The van der Waals surface area contributed by atoms with Crippen molar-refractivity contribution < 1.29 is 14.0 Å². The summed E-state index contributed by atoms with van der Waals surface area (Å²) in [6.45, 7) is 2.83. The lowest BCUT2D eigenvalue weighted by atomic mass is 9.96. The average Bonchev–Trinajstić information content (AvgIpc) is 3.30. The molecule has 1 fully saturated rings. The number of benzene rings is 1. The first-order valence-electron chi connectivity index (χ1n) is 9.76. The number of pyridine rings is 1. The van der Waals surface area contributed by atoms with Crippen LogP contribution in [0.3, 0.4) is 0 Å². The summed E-state index contributed by atoms with van der Waals surface area (Å²) in [6.07, 6.45) is 4.96. The van der Waals surface area contributed by atoms with Gasteiger partial charge in [0.1, 0.15) is 12.4 Å². The number of amides is 3. The van der Waals surface area contributed by atoms with Gasteiger partial charge in [0, 0.05) is 30.0 Å². The summed E-state index contributed by atoms with van der Waals surface area (Å²) in [5, 5.41) is 2.73. The van der Waals surface area contributed by atoms with Gasteiger partial charge < -0.3 is 15.1 Å². The zero-order valence-electron chi connectivity index (χ0n) is 16.1. The van der Waals surface area contributed by atoms with Gasteiger partial charge in [0.15, 0.2) is 0 Å². The Morgan fingerprint density at radius 3 is 2.90 bits per heavy atom. The highest BCUT2D eigenvalue weighted by Gasteiger charge is 2.42. The van der Waals surface area contributed by atoms with Gasteiger partial charge in [-0.25, -0.2) is 9.18 Å². The van der Waals surface area contributed by atoms with E-state index in [1.54, 1.807) is 6.07 Å². The van der Waals surface area contributed by atoms with E-state index in [4.69, 9.17) is 0 Å².